The van der Waals surface area contributed by atoms with Gasteiger partial charge in [-0.15, -0.1) is 11.3 Å². The molecule has 1 amide bonds. The Labute approximate surface area is 182 Å². The van der Waals surface area contributed by atoms with Gasteiger partial charge in [-0.25, -0.2) is 4.98 Å². The van der Waals surface area contributed by atoms with Crippen LogP contribution in [0, 0.1) is 24.7 Å². The van der Waals surface area contributed by atoms with Crippen LogP contribution >= 0.6 is 11.3 Å². The molecule has 0 aliphatic heterocycles. The van der Waals surface area contributed by atoms with Crippen LogP contribution in [0.3, 0.4) is 0 Å². The highest BCUT2D eigenvalue weighted by Crippen LogP contribution is 2.36. The summed E-state index contributed by atoms with van der Waals surface area (Å²) in [6.45, 7) is 10.3. The van der Waals surface area contributed by atoms with Gasteiger partial charge in [-0.1, -0.05) is 49.3 Å². The summed E-state index contributed by atoms with van der Waals surface area (Å²) in [7, 11) is 0. The minimum absolute atomic E-state index is 0.262. The molecule has 6 heteroatoms. The van der Waals surface area contributed by atoms with E-state index < -0.39 is 17.8 Å². The quantitative estimate of drug-likeness (QED) is 0.581. The van der Waals surface area contributed by atoms with E-state index in [1.807, 2.05) is 20.8 Å². The van der Waals surface area contributed by atoms with E-state index in [0.717, 1.165) is 33.7 Å². The first-order valence-electron chi connectivity index (χ1n) is 10.4. The van der Waals surface area contributed by atoms with Crippen molar-refractivity contribution >= 4 is 28.3 Å². The Kier molecular flexibility index (Phi) is 6.76. The van der Waals surface area contributed by atoms with E-state index in [9.17, 15) is 14.7 Å². The molecule has 2 atom stereocenters. The van der Waals surface area contributed by atoms with E-state index in [1.54, 1.807) is 0 Å². The molecule has 1 heterocycles. The largest absolute Gasteiger partial charge is 0.481 e. The Morgan fingerprint density at radius 2 is 1.70 bits per heavy atom. The highest BCUT2D eigenvalue weighted by Gasteiger charge is 2.37. The fourth-order valence-corrected chi connectivity index (χ4v) is 4.85. The summed E-state index contributed by atoms with van der Waals surface area (Å²) in [5.74, 6) is -1.84. The molecule has 1 aromatic heterocycles. The maximum atomic E-state index is 12.9. The Hall–Kier alpha value is -2.47. The number of aryl methyl sites for hydroxylation is 1. The number of benzene rings is 1. The van der Waals surface area contributed by atoms with Crippen LogP contribution in [0.15, 0.2) is 35.4 Å². The summed E-state index contributed by atoms with van der Waals surface area (Å²) in [6.07, 6.45) is 1.93. The standard InChI is InChI=1S/C24H30N2O3S/c1-13(2)10-17-6-8-18(9-7-17)21-16(5)30-24(25-21)26-22(27)19-11-14(3)15(4)12-20(19)23(28)29/h6-9,13,19-20H,10-12H2,1-5H3,(H,28,29)(H,25,26,27)/t19-,20-/m1/s1. The van der Waals surface area contributed by atoms with Gasteiger partial charge in [0.25, 0.3) is 0 Å². The molecule has 1 aromatic carbocycles. The number of thiazole rings is 1. The van der Waals surface area contributed by atoms with Crippen molar-refractivity contribution in [2.75, 3.05) is 5.32 Å². The van der Waals surface area contributed by atoms with E-state index >= 15 is 0 Å². The van der Waals surface area contributed by atoms with Gasteiger partial charge in [0.1, 0.15) is 0 Å². The van der Waals surface area contributed by atoms with Crippen LogP contribution in [0.1, 0.15) is 51.0 Å². The number of aromatic nitrogens is 1. The highest BCUT2D eigenvalue weighted by molar-refractivity contribution is 7.16. The molecule has 3 rings (SSSR count). The van der Waals surface area contributed by atoms with E-state index in [0.29, 0.717) is 23.9 Å². The van der Waals surface area contributed by atoms with Crippen molar-refractivity contribution in [2.45, 2.75) is 53.9 Å². The van der Waals surface area contributed by atoms with Crippen LogP contribution in [0.5, 0.6) is 0 Å². The lowest BCUT2D eigenvalue weighted by Crippen LogP contribution is -2.36. The maximum absolute atomic E-state index is 12.9. The first-order valence-corrected chi connectivity index (χ1v) is 11.2. The molecule has 2 N–H and O–H groups in total. The number of carbonyl (C=O) groups excluding carboxylic acids is 1. The van der Waals surface area contributed by atoms with E-state index in [4.69, 9.17) is 0 Å². The van der Waals surface area contributed by atoms with Crippen LogP contribution in [0.25, 0.3) is 11.3 Å². The zero-order valence-corrected chi connectivity index (χ0v) is 19.1. The molecular formula is C24H30N2O3S. The molecular weight excluding hydrogens is 396 g/mol. The van der Waals surface area contributed by atoms with Gasteiger partial charge in [-0.3, -0.25) is 9.59 Å². The molecule has 0 bridgehead atoms. The zero-order chi connectivity index (χ0) is 22.0. The highest BCUT2D eigenvalue weighted by atomic mass is 32.1. The van der Waals surface area contributed by atoms with Crippen molar-refractivity contribution in [1.82, 2.24) is 4.98 Å². The molecule has 5 nitrogen and oxygen atoms in total. The fraction of sp³-hybridized carbons (Fsp3) is 0.458. The van der Waals surface area contributed by atoms with Gasteiger partial charge in [0.05, 0.1) is 17.5 Å². The van der Waals surface area contributed by atoms with Crippen molar-refractivity contribution < 1.29 is 14.7 Å². The van der Waals surface area contributed by atoms with Crippen molar-refractivity contribution in [3.63, 3.8) is 0 Å². The van der Waals surface area contributed by atoms with Crippen molar-refractivity contribution in [2.24, 2.45) is 17.8 Å². The lowest BCUT2D eigenvalue weighted by Gasteiger charge is -2.29. The number of carboxylic acids is 1. The van der Waals surface area contributed by atoms with Gasteiger partial charge < -0.3 is 10.4 Å². The topological polar surface area (TPSA) is 79.3 Å². The smallest absolute Gasteiger partial charge is 0.307 e. The molecule has 0 spiro atoms. The van der Waals surface area contributed by atoms with Crippen molar-refractivity contribution in [1.29, 1.82) is 0 Å². The Morgan fingerprint density at radius 3 is 2.27 bits per heavy atom. The second kappa shape index (κ2) is 9.13. The Morgan fingerprint density at radius 1 is 1.10 bits per heavy atom. The molecule has 1 aliphatic carbocycles. The second-order valence-corrected chi connectivity index (χ2v) is 9.93. The van der Waals surface area contributed by atoms with Gasteiger partial charge in [0.2, 0.25) is 5.91 Å². The summed E-state index contributed by atoms with van der Waals surface area (Å²) in [5, 5.41) is 13.0. The number of nitrogens with zero attached hydrogens (tertiary/aromatic N) is 1. The van der Waals surface area contributed by atoms with E-state index in [2.05, 4.69) is 48.4 Å². The predicted octanol–water partition coefficient (Wildman–Crippen LogP) is 5.70. The van der Waals surface area contributed by atoms with Crippen molar-refractivity contribution in [3.05, 3.63) is 45.9 Å². The van der Waals surface area contributed by atoms with Gasteiger partial charge in [-0.2, -0.15) is 0 Å². The third kappa shape index (κ3) is 4.98. The van der Waals surface area contributed by atoms with Crippen LogP contribution in [0.2, 0.25) is 0 Å². The number of anilines is 1. The predicted molar refractivity (Wildman–Crippen MR) is 122 cm³/mol. The van der Waals surface area contributed by atoms with Gasteiger partial charge in [-0.05, 0) is 51.5 Å². The fourth-order valence-electron chi connectivity index (χ4n) is 4.01. The molecule has 0 saturated carbocycles. The second-order valence-electron chi connectivity index (χ2n) is 8.73. The normalized spacial score (nSPS) is 19.3. The molecule has 0 saturated heterocycles. The van der Waals surface area contributed by atoms with Gasteiger partial charge in [0.15, 0.2) is 5.13 Å². The summed E-state index contributed by atoms with van der Waals surface area (Å²) < 4.78 is 0. The van der Waals surface area contributed by atoms with E-state index in [1.165, 1.54) is 16.9 Å². The van der Waals surface area contributed by atoms with Gasteiger partial charge >= 0.3 is 5.97 Å². The summed E-state index contributed by atoms with van der Waals surface area (Å²) in [5.41, 5.74) is 5.35. The summed E-state index contributed by atoms with van der Waals surface area (Å²) in [6, 6.07) is 8.40. The minimum Gasteiger partial charge on any atom is -0.481 e. The number of amides is 1. The molecule has 0 unspecified atom stereocenters. The molecule has 0 radical (unpaired) electrons. The molecule has 2 aromatic rings. The van der Waals surface area contributed by atoms with Crippen LogP contribution in [-0.2, 0) is 16.0 Å². The maximum Gasteiger partial charge on any atom is 0.307 e. The van der Waals surface area contributed by atoms with Gasteiger partial charge in [0, 0.05) is 10.4 Å². The molecule has 0 fully saturated rings. The SMILES string of the molecule is CC1=C(C)C[C@@H](C(=O)Nc2nc(-c3ccc(CC(C)C)cc3)c(C)s2)[C@H](C(=O)O)C1. The lowest BCUT2D eigenvalue weighted by atomic mass is 9.76. The average molecular weight is 427 g/mol. The zero-order valence-electron chi connectivity index (χ0n) is 18.3. The molecule has 30 heavy (non-hydrogen) atoms. The number of carboxylic acid groups (broad SMARTS) is 1. The Balaban J connectivity index is 1.77. The number of hydrogen-bond donors (Lipinski definition) is 2. The van der Waals surface area contributed by atoms with E-state index in [-0.39, 0.29) is 5.91 Å². The number of allylic oxidation sites excluding steroid dienone is 2. The minimum atomic E-state index is -0.917. The number of aliphatic carboxylic acids is 1. The molecule has 160 valence electrons. The number of nitrogens with one attached hydrogen (secondary N) is 1. The summed E-state index contributed by atoms with van der Waals surface area (Å²) in [4.78, 5) is 30.3. The third-order valence-electron chi connectivity index (χ3n) is 5.82. The van der Waals surface area contributed by atoms with Crippen LogP contribution < -0.4 is 5.32 Å². The number of carbonyl (C=O) groups is 2. The molecule has 1 aliphatic rings. The first-order chi connectivity index (χ1) is 14.2. The van der Waals surface area contributed by atoms with Crippen LogP contribution in [0.4, 0.5) is 5.13 Å². The lowest BCUT2D eigenvalue weighted by molar-refractivity contribution is -0.146. The Bertz CT molecular complexity index is 973. The number of rotatable bonds is 6. The van der Waals surface area contributed by atoms with Crippen LogP contribution in [-0.4, -0.2) is 22.0 Å². The first kappa shape index (κ1) is 22.2. The average Bonchev–Trinajstić information content (AvgIpc) is 3.03. The summed E-state index contributed by atoms with van der Waals surface area (Å²) >= 11 is 1.42. The van der Waals surface area contributed by atoms with Crippen molar-refractivity contribution in [3.8, 4) is 11.3 Å². The third-order valence-corrected chi connectivity index (χ3v) is 6.70. The number of hydrogen-bond acceptors (Lipinski definition) is 4. The monoisotopic (exact) mass is 426 g/mol.